The summed E-state index contributed by atoms with van der Waals surface area (Å²) < 4.78 is 7.21. The Labute approximate surface area is 125 Å². The van der Waals surface area contributed by atoms with Gasteiger partial charge in [-0.05, 0) is 30.5 Å². The summed E-state index contributed by atoms with van der Waals surface area (Å²) in [5, 5.41) is 2.94. The molecule has 1 amide bonds. The van der Waals surface area contributed by atoms with Gasteiger partial charge in [0.05, 0.1) is 19.9 Å². The van der Waals surface area contributed by atoms with Crippen LogP contribution >= 0.6 is 0 Å². The van der Waals surface area contributed by atoms with Gasteiger partial charge in [0.2, 0.25) is 5.91 Å². The first-order valence-corrected chi connectivity index (χ1v) is 7.05. The van der Waals surface area contributed by atoms with E-state index < -0.39 is 0 Å². The van der Waals surface area contributed by atoms with Crippen LogP contribution in [0.2, 0.25) is 0 Å². The van der Waals surface area contributed by atoms with Crippen molar-refractivity contribution in [1.29, 1.82) is 0 Å². The molecule has 0 radical (unpaired) electrons. The highest BCUT2D eigenvalue weighted by atomic mass is 16.5. The van der Waals surface area contributed by atoms with Crippen LogP contribution < -0.4 is 10.1 Å². The summed E-state index contributed by atoms with van der Waals surface area (Å²) in [6.45, 7) is 3.51. The molecule has 0 aliphatic heterocycles. The number of ether oxygens (including phenoxy) is 1. The van der Waals surface area contributed by atoms with Crippen molar-refractivity contribution < 1.29 is 9.53 Å². The Hall–Kier alpha value is -2.30. The molecule has 2 rings (SSSR count). The van der Waals surface area contributed by atoms with Gasteiger partial charge in [-0.1, -0.05) is 12.1 Å². The van der Waals surface area contributed by atoms with Crippen molar-refractivity contribution in [3.63, 3.8) is 0 Å². The number of aromatic nitrogens is 2. The second kappa shape index (κ2) is 7.47. The Morgan fingerprint density at radius 2 is 2.29 bits per heavy atom. The molecule has 5 heteroatoms. The Morgan fingerprint density at radius 1 is 1.43 bits per heavy atom. The molecule has 1 aromatic carbocycles. The number of amides is 1. The lowest BCUT2D eigenvalue weighted by Crippen LogP contribution is -2.26. The molecule has 0 aliphatic rings. The van der Waals surface area contributed by atoms with E-state index in [0.717, 1.165) is 29.8 Å². The van der Waals surface area contributed by atoms with E-state index in [1.807, 2.05) is 35.9 Å². The van der Waals surface area contributed by atoms with Gasteiger partial charge in [-0.25, -0.2) is 4.98 Å². The van der Waals surface area contributed by atoms with Crippen LogP contribution in [0.4, 0.5) is 0 Å². The van der Waals surface area contributed by atoms with Crippen molar-refractivity contribution in [2.45, 2.75) is 26.3 Å². The minimum Gasteiger partial charge on any atom is -0.496 e. The molecule has 112 valence electrons. The highest BCUT2D eigenvalue weighted by molar-refractivity contribution is 5.78. The zero-order valence-electron chi connectivity index (χ0n) is 12.5. The minimum absolute atomic E-state index is 0.0465. The summed E-state index contributed by atoms with van der Waals surface area (Å²) in [6.07, 6.45) is 6.74. The van der Waals surface area contributed by atoms with E-state index in [1.54, 1.807) is 19.6 Å². The number of nitrogens with zero attached hydrogens (tertiary/aromatic N) is 2. The molecule has 1 N–H and O–H groups in total. The molecule has 1 heterocycles. The summed E-state index contributed by atoms with van der Waals surface area (Å²) in [4.78, 5) is 15.9. The Morgan fingerprint density at radius 3 is 2.95 bits per heavy atom. The number of hydrogen-bond donors (Lipinski definition) is 1. The summed E-state index contributed by atoms with van der Waals surface area (Å²) >= 11 is 0. The van der Waals surface area contributed by atoms with Crippen LogP contribution in [0.15, 0.2) is 36.9 Å². The fourth-order valence-corrected chi connectivity index (χ4v) is 2.21. The fraction of sp³-hybridized carbons (Fsp3) is 0.375. The molecule has 0 saturated heterocycles. The summed E-state index contributed by atoms with van der Waals surface area (Å²) in [5.74, 6) is 0.893. The van der Waals surface area contributed by atoms with Crippen molar-refractivity contribution >= 4 is 5.91 Å². The molecule has 21 heavy (non-hydrogen) atoms. The number of carbonyl (C=O) groups is 1. The van der Waals surface area contributed by atoms with Gasteiger partial charge in [-0.3, -0.25) is 4.79 Å². The van der Waals surface area contributed by atoms with Gasteiger partial charge < -0.3 is 14.6 Å². The average Bonchev–Trinajstić information content (AvgIpc) is 2.97. The molecule has 0 bridgehead atoms. The molecule has 0 atom stereocenters. The Kier molecular flexibility index (Phi) is 5.37. The lowest BCUT2D eigenvalue weighted by molar-refractivity contribution is -0.120. The predicted molar refractivity (Wildman–Crippen MR) is 81.3 cm³/mol. The SMILES string of the molecule is COc1ccc(CC(=O)NCCCn2ccnc2)cc1C. The van der Waals surface area contributed by atoms with Crippen molar-refractivity contribution in [2.75, 3.05) is 13.7 Å². The van der Waals surface area contributed by atoms with Gasteiger partial charge in [0, 0.05) is 25.5 Å². The smallest absolute Gasteiger partial charge is 0.224 e. The lowest BCUT2D eigenvalue weighted by atomic mass is 10.1. The van der Waals surface area contributed by atoms with Crippen LogP contribution in [0.1, 0.15) is 17.5 Å². The van der Waals surface area contributed by atoms with Crippen LogP contribution in [0.5, 0.6) is 5.75 Å². The van der Waals surface area contributed by atoms with Crippen LogP contribution in [-0.2, 0) is 17.8 Å². The normalized spacial score (nSPS) is 10.4. The van der Waals surface area contributed by atoms with E-state index in [2.05, 4.69) is 10.3 Å². The first-order chi connectivity index (χ1) is 10.2. The van der Waals surface area contributed by atoms with Gasteiger partial charge in [0.25, 0.3) is 0 Å². The molecule has 0 saturated carbocycles. The average molecular weight is 287 g/mol. The Balaban J connectivity index is 1.72. The predicted octanol–water partition coefficient (Wildman–Crippen LogP) is 1.95. The van der Waals surface area contributed by atoms with Crippen molar-refractivity contribution in [1.82, 2.24) is 14.9 Å². The second-order valence-corrected chi connectivity index (χ2v) is 4.98. The molecule has 1 aromatic heterocycles. The largest absolute Gasteiger partial charge is 0.496 e. The molecule has 0 spiro atoms. The van der Waals surface area contributed by atoms with Gasteiger partial charge in [0.1, 0.15) is 5.75 Å². The van der Waals surface area contributed by atoms with E-state index in [-0.39, 0.29) is 5.91 Å². The topological polar surface area (TPSA) is 56.1 Å². The van der Waals surface area contributed by atoms with Crippen LogP contribution in [0.25, 0.3) is 0 Å². The number of methoxy groups -OCH3 is 1. The van der Waals surface area contributed by atoms with E-state index in [1.165, 1.54) is 0 Å². The molecular formula is C16H21N3O2. The third-order valence-corrected chi connectivity index (χ3v) is 3.30. The summed E-state index contributed by atoms with van der Waals surface area (Å²) in [5.41, 5.74) is 2.04. The number of hydrogen-bond acceptors (Lipinski definition) is 3. The maximum Gasteiger partial charge on any atom is 0.224 e. The standard InChI is InChI=1S/C16H21N3O2/c1-13-10-14(4-5-15(13)21-2)11-16(20)18-6-3-8-19-9-7-17-12-19/h4-5,7,9-10,12H,3,6,8,11H2,1-2H3,(H,18,20). The quantitative estimate of drug-likeness (QED) is 0.792. The number of aryl methyl sites for hydroxylation is 2. The fourth-order valence-electron chi connectivity index (χ4n) is 2.21. The molecule has 0 unspecified atom stereocenters. The van der Waals surface area contributed by atoms with Gasteiger partial charge >= 0.3 is 0 Å². The van der Waals surface area contributed by atoms with Crippen LogP contribution in [0.3, 0.4) is 0 Å². The van der Waals surface area contributed by atoms with Crippen LogP contribution in [-0.4, -0.2) is 29.1 Å². The number of nitrogens with one attached hydrogen (secondary N) is 1. The van der Waals surface area contributed by atoms with Gasteiger partial charge in [-0.2, -0.15) is 0 Å². The lowest BCUT2D eigenvalue weighted by Gasteiger charge is -2.08. The number of rotatable bonds is 7. The number of benzene rings is 1. The van der Waals surface area contributed by atoms with Gasteiger partial charge in [0.15, 0.2) is 0 Å². The van der Waals surface area contributed by atoms with Crippen molar-refractivity contribution in [3.8, 4) is 5.75 Å². The van der Waals surface area contributed by atoms with E-state index in [9.17, 15) is 4.79 Å². The molecule has 2 aromatic rings. The molecule has 0 aliphatic carbocycles. The zero-order chi connectivity index (χ0) is 15.1. The first-order valence-electron chi connectivity index (χ1n) is 7.05. The second-order valence-electron chi connectivity index (χ2n) is 4.98. The maximum absolute atomic E-state index is 11.9. The molecule has 5 nitrogen and oxygen atoms in total. The third-order valence-electron chi connectivity index (χ3n) is 3.30. The molecular weight excluding hydrogens is 266 g/mol. The Bertz CT molecular complexity index is 579. The van der Waals surface area contributed by atoms with E-state index in [4.69, 9.17) is 4.74 Å². The summed E-state index contributed by atoms with van der Waals surface area (Å²) in [7, 11) is 1.65. The van der Waals surface area contributed by atoms with Crippen LogP contribution in [0, 0.1) is 6.92 Å². The monoisotopic (exact) mass is 287 g/mol. The highest BCUT2D eigenvalue weighted by Gasteiger charge is 2.05. The summed E-state index contributed by atoms with van der Waals surface area (Å²) in [6, 6.07) is 5.82. The minimum atomic E-state index is 0.0465. The van der Waals surface area contributed by atoms with E-state index >= 15 is 0 Å². The maximum atomic E-state index is 11.9. The first kappa shape index (κ1) is 15.1. The van der Waals surface area contributed by atoms with E-state index in [0.29, 0.717) is 13.0 Å². The number of imidazole rings is 1. The van der Waals surface area contributed by atoms with Crippen molar-refractivity contribution in [3.05, 3.63) is 48.0 Å². The zero-order valence-corrected chi connectivity index (χ0v) is 12.5. The highest BCUT2D eigenvalue weighted by Crippen LogP contribution is 2.18. The van der Waals surface area contributed by atoms with Crippen molar-refractivity contribution in [2.24, 2.45) is 0 Å². The van der Waals surface area contributed by atoms with Gasteiger partial charge in [-0.15, -0.1) is 0 Å². The number of carbonyl (C=O) groups excluding carboxylic acids is 1. The third kappa shape index (κ3) is 4.63. The molecule has 0 fully saturated rings.